The van der Waals surface area contributed by atoms with Crippen LogP contribution >= 0.6 is 0 Å². The van der Waals surface area contributed by atoms with Crippen molar-refractivity contribution in [1.82, 2.24) is 0 Å². The second-order valence-electron chi connectivity index (χ2n) is 2.72. The van der Waals surface area contributed by atoms with Crippen molar-refractivity contribution in [1.29, 1.82) is 0 Å². The predicted molar refractivity (Wildman–Crippen MR) is 49.9 cm³/mol. The van der Waals surface area contributed by atoms with Gasteiger partial charge >= 0.3 is 0 Å². The van der Waals surface area contributed by atoms with Crippen molar-refractivity contribution >= 4 is 6.47 Å². The maximum absolute atomic E-state index is 9.74. The summed E-state index contributed by atoms with van der Waals surface area (Å²) in [7, 11) is 0. The topological polar surface area (TPSA) is 26.3 Å². The van der Waals surface area contributed by atoms with Crippen molar-refractivity contribution in [2.24, 2.45) is 0 Å². The summed E-state index contributed by atoms with van der Waals surface area (Å²) in [6, 6.07) is 0. The van der Waals surface area contributed by atoms with Crippen LogP contribution in [0.5, 0.6) is 0 Å². The lowest BCUT2D eigenvalue weighted by molar-refractivity contribution is -0.128. The first kappa shape index (κ1) is 11.2. The molecule has 70 valence electrons. The van der Waals surface area contributed by atoms with E-state index in [9.17, 15) is 4.79 Å². The van der Waals surface area contributed by atoms with Crippen LogP contribution in [0, 0.1) is 0 Å². The Kier molecular flexibility index (Phi) is 9.54. The van der Waals surface area contributed by atoms with E-state index in [0.717, 1.165) is 12.8 Å². The largest absolute Gasteiger partial charge is 0.468 e. The van der Waals surface area contributed by atoms with E-state index in [0.29, 0.717) is 13.1 Å². The standard InChI is InChI=1S/C10H18O2/c1-2-3-4-5-6-7-8-9-12-10-11/h5-6,10H,2-4,7-9H2,1H3/b6-5+. The molecule has 0 aromatic carbocycles. The van der Waals surface area contributed by atoms with E-state index in [4.69, 9.17) is 0 Å². The Labute approximate surface area is 74.6 Å². The van der Waals surface area contributed by atoms with Crippen LogP contribution in [0.15, 0.2) is 12.2 Å². The van der Waals surface area contributed by atoms with Crippen LogP contribution in [-0.2, 0) is 9.53 Å². The molecule has 0 rings (SSSR count). The van der Waals surface area contributed by atoms with Crippen LogP contribution in [0.3, 0.4) is 0 Å². The second kappa shape index (κ2) is 10.2. The zero-order valence-corrected chi connectivity index (χ0v) is 7.79. The van der Waals surface area contributed by atoms with Crippen molar-refractivity contribution in [2.45, 2.75) is 39.0 Å². The fourth-order valence-electron chi connectivity index (χ4n) is 0.890. The van der Waals surface area contributed by atoms with Gasteiger partial charge in [0.25, 0.3) is 6.47 Å². The highest BCUT2D eigenvalue weighted by Gasteiger charge is 1.83. The molecule has 0 unspecified atom stereocenters. The van der Waals surface area contributed by atoms with Gasteiger partial charge in [-0.2, -0.15) is 0 Å². The number of unbranched alkanes of at least 4 members (excludes halogenated alkanes) is 3. The number of ether oxygens (including phenoxy) is 1. The van der Waals surface area contributed by atoms with Crippen molar-refractivity contribution in [3.05, 3.63) is 12.2 Å². The number of hydrogen-bond donors (Lipinski definition) is 0. The lowest BCUT2D eigenvalue weighted by Crippen LogP contribution is -1.89. The highest BCUT2D eigenvalue weighted by atomic mass is 16.5. The molecule has 0 saturated carbocycles. The maximum Gasteiger partial charge on any atom is 0.293 e. The summed E-state index contributed by atoms with van der Waals surface area (Å²) in [6.45, 7) is 3.23. The molecule has 12 heavy (non-hydrogen) atoms. The smallest absolute Gasteiger partial charge is 0.293 e. The molecule has 2 heteroatoms. The van der Waals surface area contributed by atoms with Gasteiger partial charge in [-0.25, -0.2) is 0 Å². The Morgan fingerprint density at radius 3 is 2.42 bits per heavy atom. The number of rotatable bonds is 8. The Morgan fingerprint density at radius 2 is 1.83 bits per heavy atom. The Balaban J connectivity index is 2.97. The molecule has 0 spiro atoms. The first-order valence-electron chi connectivity index (χ1n) is 4.62. The minimum atomic E-state index is 0.501. The molecular formula is C10H18O2. The van der Waals surface area contributed by atoms with Gasteiger partial charge in [0.05, 0.1) is 6.61 Å². The zero-order chi connectivity index (χ0) is 9.07. The molecule has 0 aromatic heterocycles. The molecule has 0 saturated heterocycles. The lowest BCUT2D eigenvalue weighted by atomic mass is 10.2. The van der Waals surface area contributed by atoms with E-state index < -0.39 is 0 Å². The summed E-state index contributed by atoms with van der Waals surface area (Å²) in [6.07, 6.45) is 9.98. The SMILES string of the molecule is CCCC/C=C/CCCOC=O. The summed E-state index contributed by atoms with van der Waals surface area (Å²) in [5, 5.41) is 0. The first-order valence-corrected chi connectivity index (χ1v) is 4.62. The number of allylic oxidation sites excluding steroid dienone is 2. The molecule has 0 bridgehead atoms. The molecule has 0 aliphatic heterocycles. The summed E-state index contributed by atoms with van der Waals surface area (Å²) < 4.78 is 4.55. The van der Waals surface area contributed by atoms with Gasteiger partial charge in [0, 0.05) is 0 Å². The van der Waals surface area contributed by atoms with Crippen LogP contribution in [-0.4, -0.2) is 13.1 Å². The van der Waals surface area contributed by atoms with Gasteiger partial charge < -0.3 is 4.74 Å². The second-order valence-corrected chi connectivity index (χ2v) is 2.72. The first-order chi connectivity index (χ1) is 5.91. The summed E-state index contributed by atoms with van der Waals surface area (Å²) >= 11 is 0. The van der Waals surface area contributed by atoms with Crippen LogP contribution in [0.2, 0.25) is 0 Å². The van der Waals surface area contributed by atoms with Gasteiger partial charge in [0.1, 0.15) is 0 Å². The third-order valence-electron chi connectivity index (χ3n) is 1.59. The lowest BCUT2D eigenvalue weighted by Gasteiger charge is -1.93. The van der Waals surface area contributed by atoms with Crippen LogP contribution in [0.1, 0.15) is 39.0 Å². The van der Waals surface area contributed by atoms with Crippen LogP contribution in [0.4, 0.5) is 0 Å². The van der Waals surface area contributed by atoms with Crippen LogP contribution in [0.25, 0.3) is 0 Å². The maximum atomic E-state index is 9.74. The molecule has 0 radical (unpaired) electrons. The molecule has 2 nitrogen and oxygen atoms in total. The molecule has 0 heterocycles. The average molecular weight is 170 g/mol. The third kappa shape index (κ3) is 9.21. The fraction of sp³-hybridized carbons (Fsp3) is 0.700. The monoisotopic (exact) mass is 170 g/mol. The number of carbonyl (C=O) groups is 1. The highest BCUT2D eigenvalue weighted by Crippen LogP contribution is 1.97. The van der Waals surface area contributed by atoms with Gasteiger partial charge in [-0.1, -0.05) is 31.9 Å². The molecular weight excluding hydrogens is 152 g/mol. The summed E-state index contributed by atoms with van der Waals surface area (Å²) in [4.78, 5) is 9.74. The fourth-order valence-corrected chi connectivity index (χ4v) is 0.890. The molecule has 0 aromatic rings. The van der Waals surface area contributed by atoms with Crippen molar-refractivity contribution in [3.63, 3.8) is 0 Å². The van der Waals surface area contributed by atoms with E-state index in [1.807, 2.05) is 0 Å². The zero-order valence-electron chi connectivity index (χ0n) is 7.79. The quantitative estimate of drug-likeness (QED) is 0.318. The number of hydrogen-bond acceptors (Lipinski definition) is 2. The summed E-state index contributed by atoms with van der Waals surface area (Å²) in [5.41, 5.74) is 0. The Bertz CT molecular complexity index is 119. The van der Waals surface area contributed by atoms with E-state index >= 15 is 0 Å². The summed E-state index contributed by atoms with van der Waals surface area (Å²) in [5.74, 6) is 0. The third-order valence-corrected chi connectivity index (χ3v) is 1.59. The predicted octanol–water partition coefficient (Wildman–Crippen LogP) is 2.69. The normalized spacial score (nSPS) is 10.4. The average Bonchev–Trinajstić information content (AvgIpc) is 2.10. The molecule has 0 fully saturated rings. The van der Waals surface area contributed by atoms with E-state index in [2.05, 4.69) is 23.8 Å². The molecule has 0 aliphatic rings. The molecule has 0 aliphatic carbocycles. The van der Waals surface area contributed by atoms with Gasteiger partial charge in [-0.15, -0.1) is 0 Å². The van der Waals surface area contributed by atoms with Gasteiger partial charge in [-0.05, 0) is 19.3 Å². The van der Waals surface area contributed by atoms with Crippen molar-refractivity contribution in [2.75, 3.05) is 6.61 Å². The Morgan fingerprint density at radius 1 is 1.17 bits per heavy atom. The molecule has 0 atom stereocenters. The van der Waals surface area contributed by atoms with E-state index in [1.54, 1.807) is 0 Å². The minimum Gasteiger partial charge on any atom is -0.468 e. The molecule has 0 amide bonds. The van der Waals surface area contributed by atoms with Crippen molar-refractivity contribution in [3.8, 4) is 0 Å². The Hall–Kier alpha value is -0.790. The van der Waals surface area contributed by atoms with Crippen molar-refractivity contribution < 1.29 is 9.53 Å². The molecule has 0 N–H and O–H groups in total. The minimum absolute atomic E-state index is 0.501. The highest BCUT2D eigenvalue weighted by molar-refractivity contribution is 5.36. The van der Waals surface area contributed by atoms with Gasteiger partial charge in [-0.3, -0.25) is 4.79 Å². The van der Waals surface area contributed by atoms with Gasteiger partial charge in [0.2, 0.25) is 0 Å². The van der Waals surface area contributed by atoms with E-state index in [1.165, 1.54) is 19.3 Å². The van der Waals surface area contributed by atoms with Crippen LogP contribution < -0.4 is 0 Å². The number of carbonyl (C=O) groups excluding carboxylic acids is 1. The van der Waals surface area contributed by atoms with Gasteiger partial charge in [0.15, 0.2) is 0 Å². The van der Waals surface area contributed by atoms with E-state index in [-0.39, 0.29) is 0 Å².